The van der Waals surface area contributed by atoms with Crippen molar-refractivity contribution in [1.82, 2.24) is 4.90 Å². The molecule has 0 saturated heterocycles. The SMILES string of the molecule is O=C(c1cccc([N+](=O)[O-])c1O)N1Cc2ccccc2C1. The fourth-order valence-corrected chi connectivity index (χ4v) is 2.50. The van der Waals surface area contributed by atoms with E-state index in [0.717, 1.165) is 11.1 Å². The molecular weight excluding hydrogens is 272 g/mol. The molecule has 106 valence electrons. The molecule has 0 aliphatic carbocycles. The van der Waals surface area contributed by atoms with Crippen molar-refractivity contribution in [3.05, 3.63) is 69.3 Å². The summed E-state index contributed by atoms with van der Waals surface area (Å²) < 4.78 is 0. The second-order valence-corrected chi connectivity index (χ2v) is 4.86. The van der Waals surface area contributed by atoms with Gasteiger partial charge in [-0.05, 0) is 17.2 Å². The van der Waals surface area contributed by atoms with Gasteiger partial charge in [0, 0.05) is 19.2 Å². The maximum atomic E-state index is 12.5. The molecule has 2 aromatic carbocycles. The molecule has 0 aromatic heterocycles. The van der Waals surface area contributed by atoms with E-state index in [0.29, 0.717) is 13.1 Å². The fourth-order valence-electron chi connectivity index (χ4n) is 2.50. The molecule has 6 nitrogen and oxygen atoms in total. The van der Waals surface area contributed by atoms with Crippen molar-refractivity contribution in [2.45, 2.75) is 13.1 Å². The number of phenolic OH excluding ortho intramolecular Hbond substituents is 1. The number of fused-ring (bicyclic) bond motifs is 1. The molecule has 6 heteroatoms. The molecule has 1 heterocycles. The lowest BCUT2D eigenvalue weighted by Gasteiger charge is -2.16. The van der Waals surface area contributed by atoms with Gasteiger partial charge in [-0.1, -0.05) is 30.3 Å². The topological polar surface area (TPSA) is 83.7 Å². The van der Waals surface area contributed by atoms with E-state index in [1.165, 1.54) is 18.2 Å². The average molecular weight is 284 g/mol. The number of rotatable bonds is 2. The largest absolute Gasteiger partial charge is 0.502 e. The summed E-state index contributed by atoms with van der Waals surface area (Å²) in [5.74, 6) is -0.990. The van der Waals surface area contributed by atoms with Gasteiger partial charge in [0.1, 0.15) is 0 Å². The molecule has 1 N–H and O–H groups in total. The number of hydrogen-bond acceptors (Lipinski definition) is 4. The van der Waals surface area contributed by atoms with Gasteiger partial charge in [0.2, 0.25) is 5.75 Å². The van der Waals surface area contributed by atoms with Crippen LogP contribution in [0, 0.1) is 10.1 Å². The molecule has 0 unspecified atom stereocenters. The van der Waals surface area contributed by atoms with Gasteiger partial charge < -0.3 is 10.0 Å². The monoisotopic (exact) mass is 284 g/mol. The Kier molecular flexibility index (Phi) is 3.06. The molecule has 21 heavy (non-hydrogen) atoms. The van der Waals surface area contributed by atoms with Crippen molar-refractivity contribution >= 4 is 11.6 Å². The first-order valence-electron chi connectivity index (χ1n) is 6.40. The minimum Gasteiger partial charge on any atom is -0.502 e. The fraction of sp³-hybridized carbons (Fsp3) is 0.133. The Morgan fingerprint density at radius 3 is 2.29 bits per heavy atom. The maximum absolute atomic E-state index is 12.5. The van der Waals surface area contributed by atoms with Gasteiger partial charge in [-0.25, -0.2) is 0 Å². The molecule has 1 aliphatic rings. The zero-order chi connectivity index (χ0) is 15.0. The van der Waals surface area contributed by atoms with Gasteiger partial charge in [0.05, 0.1) is 10.5 Å². The summed E-state index contributed by atoms with van der Waals surface area (Å²) in [6.07, 6.45) is 0. The number of nitro benzene ring substituents is 1. The Morgan fingerprint density at radius 1 is 1.10 bits per heavy atom. The summed E-state index contributed by atoms with van der Waals surface area (Å²) >= 11 is 0. The third kappa shape index (κ3) is 2.20. The Morgan fingerprint density at radius 2 is 1.71 bits per heavy atom. The van der Waals surface area contributed by atoms with Crippen molar-refractivity contribution in [3.63, 3.8) is 0 Å². The highest BCUT2D eigenvalue weighted by Crippen LogP contribution is 2.32. The van der Waals surface area contributed by atoms with Gasteiger partial charge in [-0.3, -0.25) is 14.9 Å². The van der Waals surface area contributed by atoms with Crippen molar-refractivity contribution in [3.8, 4) is 5.75 Å². The third-order valence-electron chi connectivity index (χ3n) is 3.57. The highest BCUT2D eigenvalue weighted by Gasteiger charge is 2.28. The number of nitro groups is 1. The summed E-state index contributed by atoms with van der Waals surface area (Å²) in [5, 5.41) is 20.7. The minimum absolute atomic E-state index is 0.0444. The van der Waals surface area contributed by atoms with Gasteiger partial charge in [0.15, 0.2) is 0 Å². The van der Waals surface area contributed by atoms with Crippen molar-refractivity contribution in [2.75, 3.05) is 0 Å². The van der Waals surface area contributed by atoms with Gasteiger partial charge in [0.25, 0.3) is 5.91 Å². The van der Waals surface area contributed by atoms with Crippen molar-refractivity contribution in [1.29, 1.82) is 0 Å². The predicted molar refractivity (Wildman–Crippen MR) is 74.8 cm³/mol. The molecule has 2 aromatic rings. The van der Waals surface area contributed by atoms with Crippen LogP contribution in [0.2, 0.25) is 0 Å². The van der Waals surface area contributed by atoms with Crippen LogP contribution in [0.5, 0.6) is 5.75 Å². The first-order chi connectivity index (χ1) is 10.1. The standard InChI is InChI=1S/C15H12N2O4/c18-14-12(6-3-7-13(14)17(20)21)15(19)16-8-10-4-1-2-5-11(10)9-16/h1-7,18H,8-9H2. The Balaban J connectivity index is 1.91. The second-order valence-electron chi connectivity index (χ2n) is 4.86. The summed E-state index contributed by atoms with van der Waals surface area (Å²) in [5.41, 5.74) is 1.60. The lowest BCUT2D eigenvalue weighted by molar-refractivity contribution is -0.385. The first kappa shape index (κ1) is 13.1. The van der Waals surface area contributed by atoms with Crippen LogP contribution in [-0.4, -0.2) is 20.8 Å². The minimum atomic E-state index is -0.704. The normalized spacial score (nSPS) is 13.0. The zero-order valence-corrected chi connectivity index (χ0v) is 11.0. The molecule has 0 radical (unpaired) electrons. The van der Waals surface area contributed by atoms with E-state index in [4.69, 9.17) is 0 Å². The number of benzene rings is 2. The molecule has 3 rings (SSSR count). The van der Waals surface area contributed by atoms with Crippen molar-refractivity contribution < 1.29 is 14.8 Å². The van der Waals surface area contributed by atoms with E-state index < -0.39 is 22.3 Å². The Bertz CT molecular complexity index is 717. The second kappa shape index (κ2) is 4.90. The van der Waals surface area contributed by atoms with Gasteiger partial charge in [-0.2, -0.15) is 0 Å². The van der Waals surface area contributed by atoms with E-state index in [1.54, 1.807) is 4.90 Å². The van der Waals surface area contributed by atoms with Gasteiger partial charge in [-0.15, -0.1) is 0 Å². The van der Waals surface area contributed by atoms with E-state index in [-0.39, 0.29) is 5.56 Å². The van der Waals surface area contributed by atoms with Crippen LogP contribution < -0.4 is 0 Å². The van der Waals surface area contributed by atoms with Crippen LogP contribution >= 0.6 is 0 Å². The molecule has 0 atom stereocenters. The van der Waals surface area contributed by atoms with Crippen LogP contribution in [0.3, 0.4) is 0 Å². The predicted octanol–water partition coefficient (Wildman–Crippen LogP) is 2.46. The number of nitrogens with zero attached hydrogens (tertiary/aromatic N) is 2. The summed E-state index contributed by atoms with van der Waals surface area (Å²) in [6.45, 7) is 0.883. The van der Waals surface area contributed by atoms with Crippen LogP contribution in [0.1, 0.15) is 21.5 Å². The summed E-state index contributed by atoms with van der Waals surface area (Å²) in [6, 6.07) is 11.6. The van der Waals surface area contributed by atoms with E-state index >= 15 is 0 Å². The lowest BCUT2D eigenvalue weighted by atomic mass is 10.1. The van der Waals surface area contributed by atoms with Crippen molar-refractivity contribution in [2.24, 2.45) is 0 Å². The number of carbonyl (C=O) groups is 1. The molecular formula is C15H12N2O4. The van der Waals surface area contributed by atoms with Crippen LogP contribution in [0.15, 0.2) is 42.5 Å². The number of amides is 1. The number of phenols is 1. The van der Waals surface area contributed by atoms with Crippen LogP contribution in [-0.2, 0) is 13.1 Å². The zero-order valence-electron chi connectivity index (χ0n) is 11.0. The quantitative estimate of drug-likeness (QED) is 0.678. The highest BCUT2D eigenvalue weighted by atomic mass is 16.6. The molecule has 0 spiro atoms. The summed E-state index contributed by atoms with van der Waals surface area (Å²) in [7, 11) is 0. The molecule has 0 bridgehead atoms. The Labute approximate surface area is 120 Å². The smallest absolute Gasteiger partial charge is 0.311 e. The molecule has 1 amide bonds. The van der Waals surface area contributed by atoms with Crippen LogP contribution in [0.4, 0.5) is 5.69 Å². The van der Waals surface area contributed by atoms with E-state index in [9.17, 15) is 20.0 Å². The molecule has 0 fully saturated rings. The number of hydrogen-bond donors (Lipinski definition) is 1. The number of para-hydroxylation sites is 1. The third-order valence-corrected chi connectivity index (χ3v) is 3.57. The van der Waals surface area contributed by atoms with E-state index in [2.05, 4.69) is 0 Å². The number of carbonyl (C=O) groups excluding carboxylic acids is 1. The van der Waals surface area contributed by atoms with E-state index in [1.807, 2.05) is 24.3 Å². The number of aromatic hydroxyl groups is 1. The lowest BCUT2D eigenvalue weighted by Crippen LogP contribution is -2.25. The van der Waals surface area contributed by atoms with Crippen LogP contribution in [0.25, 0.3) is 0 Å². The van der Waals surface area contributed by atoms with Gasteiger partial charge >= 0.3 is 5.69 Å². The molecule has 0 saturated carbocycles. The first-order valence-corrected chi connectivity index (χ1v) is 6.40. The molecule has 1 aliphatic heterocycles. The average Bonchev–Trinajstić information content (AvgIpc) is 2.90. The summed E-state index contributed by atoms with van der Waals surface area (Å²) in [4.78, 5) is 24.1. The highest BCUT2D eigenvalue weighted by molar-refractivity contribution is 5.98. The maximum Gasteiger partial charge on any atom is 0.311 e. The Hall–Kier alpha value is -2.89.